The van der Waals surface area contributed by atoms with Crippen LogP contribution in [0.3, 0.4) is 0 Å². The van der Waals surface area contributed by atoms with Gasteiger partial charge in [0, 0.05) is 0 Å². The fraction of sp³-hybridized carbons (Fsp3) is 1.00. The quantitative estimate of drug-likeness (QED) is 0.709. The van der Waals surface area contributed by atoms with Gasteiger partial charge in [0.2, 0.25) is 0 Å². The van der Waals surface area contributed by atoms with E-state index in [0.29, 0.717) is 0 Å². The fourth-order valence-electron chi connectivity index (χ4n) is 3.14. The zero-order valence-corrected chi connectivity index (χ0v) is 11.7. The van der Waals surface area contributed by atoms with Gasteiger partial charge in [0.15, 0.2) is 0 Å². The highest BCUT2D eigenvalue weighted by Gasteiger charge is 2.50. The van der Waals surface area contributed by atoms with Crippen LogP contribution in [0.4, 0.5) is 0 Å². The maximum atomic E-state index is 10.1. The minimum absolute atomic E-state index is 0.0754. The molecule has 0 amide bonds. The molecule has 2 aliphatic rings. The Morgan fingerprint density at radius 3 is 2.29 bits per heavy atom. The lowest BCUT2D eigenvalue weighted by Gasteiger charge is -2.48. The van der Waals surface area contributed by atoms with Gasteiger partial charge >= 0.3 is 0 Å². The first kappa shape index (κ1) is 13.3. The van der Waals surface area contributed by atoms with E-state index >= 15 is 0 Å². The Hall–Kier alpha value is -0.120. The molecule has 17 heavy (non-hydrogen) atoms. The minimum atomic E-state index is -0.465. The summed E-state index contributed by atoms with van der Waals surface area (Å²) in [6.07, 6.45) is 3.33. The number of fused-ring (bicyclic) bond motifs is 1. The molecule has 0 bridgehead atoms. The predicted octanol–water partition coefficient (Wildman–Crippen LogP) is 2.65. The predicted molar refractivity (Wildman–Crippen MR) is 67.0 cm³/mol. The highest BCUT2D eigenvalue weighted by Crippen LogP contribution is 2.44. The molecule has 2 aliphatic heterocycles. The van der Waals surface area contributed by atoms with Crippen molar-refractivity contribution in [1.29, 1.82) is 0 Å². The van der Waals surface area contributed by atoms with Crippen molar-refractivity contribution >= 4 is 0 Å². The largest absolute Gasteiger partial charge is 0.390 e. The number of aliphatic hydroxyl groups excluding tert-OH is 1. The molecule has 0 saturated carbocycles. The molecule has 3 nitrogen and oxygen atoms in total. The summed E-state index contributed by atoms with van der Waals surface area (Å²) in [5.74, 6) is 0. The molecular weight excluding hydrogens is 216 g/mol. The summed E-state index contributed by atoms with van der Waals surface area (Å²) in [5.41, 5.74) is -0.794. The molecule has 3 atom stereocenters. The third-order valence-electron chi connectivity index (χ3n) is 4.36. The SMILES string of the molecule is CC1(C)CC[C@H]2OC(C)(C)[C@H](O)CC[C@]2(C)O1. The van der Waals surface area contributed by atoms with Crippen molar-refractivity contribution in [3.05, 3.63) is 0 Å². The van der Waals surface area contributed by atoms with E-state index in [1.807, 2.05) is 13.8 Å². The molecule has 0 aliphatic carbocycles. The van der Waals surface area contributed by atoms with Crippen LogP contribution in [0, 0.1) is 0 Å². The lowest BCUT2D eigenvalue weighted by Crippen LogP contribution is -2.54. The van der Waals surface area contributed by atoms with Crippen LogP contribution in [-0.2, 0) is 9.47 Å². The average Bonchev–Trinajstić information content (AvgIpc) is 2.25. The summed E-state index contributed by atoms with van der Waals surface area (Å²) in [7, 11) is 0. The van der Waals surface area contributed by atoms with Gasteiger partial charge in [-0.05, 0) is 60.3 Å². The van der Waals surface area contributed by atoms with Gasteiger partial charge in [0.05, 0.1) is 29.0 Å². The van der Waals surface area contributed by atoms with Gasteiger partial charge in [-0.15, -0.1) is 0 Å². The van der Waals surface area contributed by atoms with Gasteiger partial charge in [0.25, 0.3) is 0 Å². The highest BCUT2D eigenvalue weighted by atomic mass is 16.6. The number of hydrogen-bond acceptors (Lipinski definition) is 3. The molecule has 0 aromatic rings. The first-order valence-electron chi connectivity index (χ1n) is 6.71. The van der Waals surface area contributed by atoms with Gasteiger partial charge in [-0.1, -0.05) is 0 Å². The smallest absolute Gasteiger partial charge is 0.0923 e. The summed E-state index contributed by atoms with van der Waals surface area (Å²) in [5, 5.41) is 10.1. The Labute approximate surface area is 104 Å². The molecule has 0 radical (unpaired) electrons. The van der Waals surface area contributed by atoms with Crippen molar-refractivity contribution in [2.45, 2.75) is 89.3 Å². The van der Waals surface area contributed by atoms with E-state index in [1.54, 1.807) is 0 Å². The normalized spacial score (nSPS) is 44.8. The second kappa shape index (κ2) is 3.94. The maximum absolute atomic E-state index is 10.1. The standard InChI is InChI=1S/C14H26O3/c1-12(2)8-7-11-14(5,17-12)9-6-10(15)13(3,4)16-11/h10-11,15H,6-9H2,1-5H3/t10-,11-,14+/m1/s1. The number of hydrogen-bond donors (Lipinski definition) is 1. The third-order valence-corrected chi connectivity index (χ3v) is 4.36. The van der Waals surface area contributed by atoms with E-state index in [9.17, 15) is 5.11 Å². The first-order valence-corrected chi connectivity index (χ1v) is 6.71. The van der Waals surface area contributed by atoms with Crippen molar-refractivity contribution < 1.29 is 14.6 Å². The monoisotopic (exact) mass is 242 g/mol. The molecule has 0 spiro atoms. The summed E-state index contributed by atoms with van der Waals surface area (Å²) < 4.78 is 12.4. The van der Waals surface area contributed by atoms with Crippen molar-refractivity contribution in [2.24, 2.45) is 0 Å². The lowest BCUT2D eigenvalue weighted by atomic mass is 9.83. The Kier molecular flexibility index (Phi) is 3.08. The molecule has 2 rings (SSSR count). The molecular formula is C14H26O3. The molecule has 2 heterocycles. The second-order valence-electron chi connectivity index (χ2n) is 6.98. The highest BCUT2D eigenvalue weighted by molar-refractivity contribution is 4.99. The molecule has 0 unspecified atom stereocenters. The minimum Gasteiger partial charge on any atom is -0.390 e. The van der Waals surface area contributed by atoms with Crippen LogP contribution in [0.25, 0.3) is 0 Å². The average molecular weight is 242 g/mol. The number of ether oxygens (including phenoxy) is 2. The summed E-state index contributed by atoms with van der Waals surface area (Å²) in [6, 6.07) is 0. The van der Waals surface area contributed by atoms with E-state index in [-0.39, 0.29) is 17.3 Å². The zero-order valence-electron chi connectivity index (χ0n) is 11.7. The Morgan fingerprint density at radius 2 is 1.65 bits per heavy atom. The van der Waals surface area contributed by atoms with Crippen LogP contribution in [0.1, 0.15) is 60.3 Å². The summed E-state index contributed by atoms with van der Waals surface area (Å²) in [6.45, 7) is 10.4. The van der Waals surface area contributed by atoms with E-state index < -0.39 is 11.7 Å². The van der Waals surface area contributed by atoms with Crippen LogP contribution >= 0.6 is 0 Å². The molecule has 2 saturated heterocycles. The molecule has 2 fully saturated rings. The van der Waals surface area contributed by atoms with Crippen molar-refractivity contribution in [3.63, 3.8) is 0 Å². The van der Waals surface area contributed by atoms with Crippen LogP contribution in [-0.4, -0.2) is 34.1 Å². The molecule has 100 valence electrons. The number of aliphatic hydroxyl groups is 1. The topological polar surface area (TPSA) is 38.7 Å². The third kappa shape index (κ3) is 2.51. The maximum Gasteiger partial charge on any atom is 0.0923 e. The van der Waals surface area contributed by atoms with Crippen LogP contribution in [0.5, 0.6) is 0 Å². The van der Waals surface area contributed by atoms with Gasteiger partial charge in [-0.25, -0.2) is 0 Å². The second-order valence-corrected chi connectivity index (χ2v) is 6.98. The lowest BCUT2D eigenvalue weighted by molar-refractivity contribution is -0.248. The summed E-state index contributed by atoms with van der Waals surface area (Å²) >= 11 is 0. The fourth-order valence-corrected chi connectivity index (χ4v) is 3.14. The van der Waals surface area contributed by atoms with E-state index in [0.717, 1.165) is 25.7 Å². The van der Waals surface area contributed by atoms with Gasteiger partial charge in [0.1, 0.15) is 0 Å². The zero-order chi connectivity index (χ0) is 12.9. The Morgan fingerprint density at radius 1 is 1.00 bits per heavy atom. The Balaban J connectivity index is 2.22. The number of rotatable bonds is 0. The van der Waals surface area contributed by atoms with Crippen molar-refractivity contribution in [1.82, 2.24) is 0 Å². The van der Waals surface area contributed by atoms with Crippen LogP contribution in [0.15, 0.2) is 0 Å². The van der Waals surface area contributed by atoms with Gasteiger partial charge in [-0.2, -0.15) is 0 Å². The first-order chi connectivity index (χ1) is 7.65. The van der Waals surface area contributed by atoms with Crippen molar-refractivity contribution in [3.8, 4) is 0 Å². The van der Waals surface area contributed by atoms with Crippen LogP contribution < -0.4 is 0 Å². The van der Waals surface area contributed by atoms with Gasteiger partial charge in [-0.3, -0.25) is 0 Å². The molecule has 1 N–H and O–H groups in total. The van der Waals surface area contributed by atoms with E-state index in [2.05, 4.69) is 20.8 Å². The van der Waals surface area contributed by atoms with E-state index in [4.69, 9.17) is 9.47 Å². The van der Waals surface area contributed by atoms with Crippen molar-refractivity contribution in [2.75, 3.05) is 0 Å². The van der Waals surface area contributed by atoms with E-state index in [1.165, 1.54) is 0 Å². The molecule has 0 aromatic carbocycles. The Bertz CT molecular complexity index is 298. The molecule has 3 heteroatoms. The van der Waals surface area contributed by atoms with Crippen LogP contribution in [0.2, 0.25) is 0 Å². The van der Waals surface area contributed by atoms with Gasteiger partial charge < -0.3 is 14.6 Å². The summed E-state index contributed by atoms with van der Waals surface area (Å²) in [4.78, 5) is 0. The molecule has 0 aromatic heterocycles.